The lowest BCUT2D eigenvalue weighted by atomic mass is 9.93. The molecule has 9 heteroatoms. The topological polar surface area (TPSA) is 67.8 Å². The molecule has 1 amide bonds. The van der Waals surface area contributed by atoms with Gasteiger partial charge < -0.3 is 19.3 Å². The molecule has 2 heterocycles. The maximum atomic E-state index is 13.5. The number of carbonyl (C=O) groups is 1. The summed E-state index contributed by atoms with van der Waals surface area (Å²) in [4.78, 5) is 17.6. The predicted molar refractivity (Wildman–Crippen MR) is 161 cm³/mol. The van der Waals surface area contributed by atoms with Gasteiger partial charge in [-0.05, 0) is 82.8 Å². The number of amides is 1. The third-order valence-corrected chi connectivity index (χ3v) is 7.76. The van der Waals surface area contributed by atoms with Gasteiger partial charge >= 0.3 is 0 Å². The number of methoxy groups -OCH3 is 1. The fraction of sp³-hybridized carbons (Fsp3) is 0.633. The van der Waals surface area contributed by atoms with Crippen LogP contribution in [0.2, 0.25) is 0 Å². The minimum Gasteiger partial charge on any atom is -0.490 e. The minimum absolute atomic E-state index is 0. The number of benzene rings is 1. The molecule has 0 N–H and O–H groups in total. The lowest BCUT2D eigenvalue weighted by Crippen LogP contribution is -2.49. The number of rotatable bonds is 10. The Bertz CT molecular complexity index is 1020. The molecule has 2 aromatic rings. The SMILES string of the molecule is CCCCc1nnc(C(=O)N2CC[C@@H](CN(C)C)[C@@H](OC)C2)cc1-c1ccc(OC2CCCCC2)cc1.Cl.Cl. The van der Waals surface area contributed by atoms with E-state index in [1.165, 1.54) is 19.3 Å². The third-order valence-electron chi connectivity index (χ3n) is 7.76. The second-order valence-corrected chi connectivity index (χ2v) is 10.9. The Labute approximate surface area is 246 Å². The molecule has 4 rings (SSSR count). The molecule has 2 atom stereocenters. The molecule has 1 aromatic heterocycles. The van der Waals surface area contributed by atoms with Crippen molar-refractivity contribution in [3.8, 4) is 16.9 Å². The number of likely N-dealkylation sites (tertiary alicyclic amines) is 1. The van der Waals surface area contributed by atoms with Crippen LogP contribution in [0.25, 0.3) is 11.1 Å². The average molecular weight is 582 g/mol. The van der Waals surface area contributed by atoms with Gasteiger partial charge in [-0.25, -0.2) is 0 Å². The van der Waals surface area contributed by atoms with Crippen LogP contribution in [0, 0.1) is 5.92 Å². The van der Waals surface area contributed by atoms with Gasteiger partial charge in [0.2, 0.25) is 0 Å². The molecule has 0 unspecified atom stereocenters. The quantitative estimate of drug-likeness (QED) is 0.339. The highest BCUT2D eigenvalue weighted by atomic mass is 35.5. The maximum absolute atomic E-state index is 13.5. The molecule has 2 fully saturated rings. The Balaban J connectivity index is 0.00000267. The molecule has 39 heavy (non-hydrogen) atoms. The van der Waals surface area contributed by atoms with Gasteiger partial charge in [0.05, 0.1) is 17.9 Å². The molecule has 7 nitrogen and oxygen atoms in total. The summed E-state index contributed by atoms with van der Waals surface area (Å²) in [5, 5.41) is 8.94. The number of hydrogen-bond acceptors (Lipinski definition) is 6. The monoisotopic (exact) mass is 580 g/mol. The molecule has 1 aromatic carbocycles. The summed E-state index contributed by atoms with van der Waals surface area (Å²) >= 11 is 0. The molecule has 1 aliphatic carbocycles. The fourth-order valence-electron chi connectivity index (χ4n) is 5.65. The zero-order chi connectivity index (χ0) is 26.2. The number of nitrogens with zero attached hydrogens (tertiary/aromatic N) is 4. The minimum atomic E-state index is -0.0709. The van der Waals surface area contributed by atoms with Crippen LogP contribution in [0.5, 0.6) is 5.75 Å². The van der Waals surface area contributed by atoms with E-state index in [1.807, 2.05) is 23.1 Å². The molecule has 1 aliphatic heterocycles. The van der Waals surface area contributed by atoms with Gasteiger partial charge in [-0.3, -0.25) is 4.79 Å². The van der Waals surface area contributed by atoms with Crippen LogP contribution in [0.1, 0.15) is 74.5 Å². The zero-order valence-electron chi connectivity index (χ0n) is 23.9. The van der Waals surface area contributed by atoms with Gasteiger partial charge in [0.15, 0.2) is 5.69 Å². The van der Waals surface area contributed by atoms with Crippen LogP contribution in [-0.4, -0.2) is 79.0 Å². The van der Waals surface area contributed by atoms with Crippen molar-refractivity contribution in [2.75, 3.05) is 40.8 Å². The van der Waals surface area contributed by atoms with E-state index in [0.29, 0.717) is 30.8 Å². The Morgan fingerprint density at radius 2 is 1.77 bits per heavy atom. The van der Waals surface area contributed by atoms with E-state index in [4.69, 9.17) is 9.47 Å². The summed E-state index contributed by atoms with van der Waals surface area (Å²) in [6.07, 6.45) is 10.3. The first-order valence-corrected chi connectivity index (χ1v) is 14.1. The lowest BCUT2D eigenvalue weighted by molar-refractivity contribution is -0.0140. The van der Waals surface area contributed by atoms with Crippen molar-refractivity contribution in [2.24, 2.45) is 5.92 Å². The van der Waals surface area contributed by atoms with Crippen molar-refractivity contribution in [3.05, 3.63) is 41.7 Å². The number of halogens is 2. The van der Waals surface area contributed by atoms with Crippen LogP contribution in [0.3, 0.4) is 0 Å². The zero-order valence-corrected chi connectivity index (χ0v) is 25.6. The summed E-state index contributed by atoms with van der Waals surface area (Å²) in [5.41, 5.74) is 3.38. The van der Waals surface area contributed by atoms with Gasteiger partial charge in [0, 0.05) is 38.2 Å². The van der Waals surface area contributed by atoms with Gasteiger partial charge in [-0.2, -0.15) is 5.10 Å². The Morgan fingerprint density at radius 1 is 1.05 bits per heavy atom. The number of aryl methyl sites for hydroxylation is 1. The van der Waals surface area contributed by atoms with Crippen molar-refractivity contribution < 1.29 is 14.3 Å². The van der Waals surface area contributed by atoms with E-state index >= 15 is 0 Å². The van der Waals surface area contributed by atoms with Crippen LogP contribution < -0.4 is 4.74 Å². The van der Waals surface area contributed by atoms with E-state index in [2.05, 4.69) is 48.2 Å². The second kappa shape index (κ2) is 16.4. The highest BCUT2D eigenvalue weighted by Crippen LogP contribution is 2.29. The average Bonchev–Trinajstić information content (AvgIpc) is 2.92. The highest BCUT2D eigenvalue weighted by molar-refractivity contribution is 5.93. The normalized spacial score (nSPS) is 19.8. The van der Waals surface area contributed by atoms with E-state index in [0.717, 1.165) is 67.6 Å². The molecule has 1 saturated carbocycles. The molecule has 0 bridgehead atoms. The fourth-order valence-corrected chi connectivity index (χ4v) is 5.65. The van der Waals surface area contributed by atoms with Crippen molar-refractivity contribution in [1.82, 2.24) is 20.0 Å². The Hall–Kier alpha value is -1.93. The van der Waals surface area contributed by atoms with Crippen LogP contribution in [0.15, 0.2) is 30.3 Å². The smallest absolute Gasteiger partial charge is 0.274 e. The number of carbonyl (C=O) groups excluding carboxylic acids is 1. The summed E-state index contributed by atoms with van der Waals surface area (Å²) in [5.74, 6) is 1.25. The number of unbranched alkanes of at least 4 members (excludes halogenated alkanes) is 1. The van der Waals surface area contributed by atoms with Gasteiger partial charge in [0.1, 0.15) is 5.75 Å². The van der Waals surface area contributed by atoms with E-state index in [9.17, 15) is 4.79 Å². The van der Waals surface area contributed by atoms with Crippen LogP contribution in [0.4, 0.5) is 0 Å². The molecule has 0 spiro atoms. The van der Waals surface area contributed by atoms with E-state index in [-0.39, 0.29) is 36.8 Å². The molecular formula is C30H46Cl2N4O3. The highest BCUT2D eigenvalue weighted by Gasteiger charge is 2.33. The van der Waals surface area contributed by atoms with Crippen LogP contribution >= 0.6 is 24.8 Å². The van der Waals surface area contributed by atoms with Crippen LogP contribution in [-0.2, 0) is 11.2 Å². The first kappa shape index (κ1) is 33.3. The largest absolute Gasteiger partial charge is 0.490 e. The second-order valence-electron chi connectivity index (χ2n) is 10.9. The van der Waals surface area contributed by atoms with Crippen molar-refractivity contribution >= 4 is 30.7 Å². The van der Waals surface area contributed by atoms with Gasteiger partial charge in [0.25, 0.3) is 5.91 Å². The first-order chi connectivity index (χ1) is 18.0. The van der Waals surface area contributed by atoms with Crippen molar-refractivity contribution in [1.29, 1.82) is 0 Å². The van der Waals surface area contributed by atoms with E-state index in [1.54, 1.807) is 7.11 Å². The first-order valence-electron chi connectivity index (χ1n) is 14.1. The van der Waals surface area contributed by atoms with Crippen molar-refractivity contribution in [3.63, 3.8) is 0 Å². The number of aromatic nitrogens is 2. The van der Waals surface area contributed by atoms with Gasteiger partial charge in [-0.1, -0.05) is 31.9 Å². The van der Waals surface area contributed by atoms with Gasteiger partial charge in [-0.15, -0.1) is 29.9 Å². The summed E-state index contributed by atoms with van der Waals surface area (Å²) in [6, 6.07) is 10.2. The lowest BCUT2D eigenvalue weighted by Gasteiger charge is -2.38. The number of hydrogen-bond donors (Lipinski definition) is 0. The number of ether oxygens (including phenoxy) is 2. The van der Waals surface area contributed by atoms with E-state index < -0.39 is 0 Å². The third kappa shape index (κ3) is 9.04. The summed E-state index contributed by atoms with van der Waals surface area (Å²) in [6.45, 7) is 4.42. The standard InChI is InChI=1S/C30H44N4O3.2ClH/c1-5-6-12-27-26(22-13-15-25(16-14-22)37-24-10-8-7-9-11-24)19-28(32-31-27)30(35)34-18-17-23(20-33(2)3)29(21-34)36-4;;/h13-16,19,23-24,29H,5-12,17-18,20-21H2,1-4H3;2*1H/t23-,29-;;/m0../s1. The number of piperidine rings is 1. The molecular weight excluding hydrogens is 535 g/mol. The molecule has 0 radical (unpaired) electrons. The molecule has 218 valence electrons. The predicted octanol–water partition coefficient (Wildman–Crippen LogP) is 6.08. The molecule has 1 saturated heterocycles. The Morgan fingerprint density at radius 3 is 2.41 bits per heavy atom. The molecule has 2 aliphatic rings. The Kier molecular flexibility index (Phi) is 14.0. The summed E-state index contributed by atoms with van der Waals surface area (Å²) in [7, 11) is 5.90. The van der Waals surface area contributed by atoms with Crippen molar-refractivity contribution in [2.45, 2.75) is 76.9 Å². The maximum Gasteiger partial charge on any atom is 0.274 e. The summed E-state index contributed by atoms with van der Waals surface area (Å²) < 4.78 is 12.0.